The molecule has 0 saturated heterocycles. The zero-order valence-electron chi connectivity index (χ0n) is 5.24. The van der Waals surface area contributed by atoms with Gasteiger partial charge in [0.1, 0.15) is 0 Å². The minimum Gasteiger partial charge on any atom is -0.478 e. The van der Waals surface area contributed by atoms with Crippen molar-refractivity contribution in [3.63, 3.8) is 0 Å². The highest BCUT2D eigenvalue weighted by molar-refractivity contribution is 5.92. The van der Waals surface area contributed by atoms with Crippen LogP contribution in [0.1, 0.15) is 0 Å². The predicted octanol–water partition coefficient (Wildman–Crippen LogP) is 0.410. The summed E-state index contributed by atoms with van der Waals surface area (Å²) in [6.45, 7) is 0. The van der Waals surface area contributed by atoms with E-state index in [-0.39, 0.29) is 5.57 Å². The van der Waals surface area contributed by atoms with Gasteiger partial charge in [0, 0.05) is 6.20 Å². The Morgan fingerprint density at radius 3 is 2.60 bits per heavy atom. The summed E-state index contributed by atoms with van der Waals surface area (Å²) in [7, 11) is 0. The number of allylic oxidation sites excluding steroid dienone is 3. The molecule has 0 atom stereocenters. The molecule has 0 aromatic heterocycles. The van der Waals surface area contributed by atoms with Crippen LogP contribution in [0.4, 0.5) is 0 Å². The molecule has 0 heterocycles. The number of nitrogens with two attached hydrogens (primary N) is 1. The first-order chi connectivity index (χ1) is 4.74. The minimum absolute atomic E-state index is 0.275. The van der Waals surface area contributed by atoms with Crippen LogP contribution in [0.25, 0.3) is 0 Å². The lowest BCUT2D eigenvalue weighted by Gasteiger charge is -1.84. The number of carboxylic acids is 1. The van der Waals surface area contributed by atoms with Crippen LogP contribution in [-0.2, 0) is 4.79 Å². The van der Waals surface area contributed by atoms with Gasteiger partial charge in [0.2, 0.25) is 0 Å². The zero-order valence-corrected chi connectivity index (χ0v) is 5.24. The third-order valence-corrected chi connectivity index (χ3v) is 1.22. The number of carbonyl (C=O) groups is 1. The van der Waals surface area contributed by atoms with Gasteiger partial charge >= 0.3 is 5.97 Å². The molecule has 3 heteroatoms. The van der Waals surface area contributed by atoms with Crippen LogP contribution >= 0.6 is 0 Å². The summed E-state index contributed by atoms with van der Waals surface area (Å²) >= 11 is 0. The van der Waals surface area contributed by atoms with Gasteiger partial charge in [-0.1, -0.05) is 6.08 Å². The van der Waals surface area contributed by atoms with E-state index in [1.165, 1.54) is 18.4 Å². The first-order valence-corrected chi connectivity index (χ1v) is 2.79. The molecule has 3 nitrogen and oxygen atoms in total. The molecule has 3 N–H and O–H groups in total. The Bertz CT molecular complexity index is 248. The van der Waals surface area contributed by atoms with Gasteiger partial charge in [0.15, 0.2) is 0 Å². The van der Waals surface area contributed by atoms with Crippen molar-refractivity contribution in [1.29, 1.82) is 0 Å². The lowest BCUT2D eigenvalue weighted by Crippen LogP contribution is -1.94. The van der Waals surface area contributed by atoms with Crippen molar-refractivity contribution in [1.82, 2.24) is 0 Å². The molecule has 1 aliphatic rings. The molecule has 0 amide bonds. The van der Waals surface area contributed by atoms with Gasteiger partial charge in [-0.3, -0.25) is 0 Å². The molecule has 52 valence electrons. The summed E-state index contributed by atoms with van der Waals surface area (Å²) in [6.07, 6.45) is 6.05. The van der Waals surface area contributed by atoms with E-state index in [0.717, 1.165) is 5.57 Å². The fourth-order valence-electron chi connectivity index (χ4n) is 0.698. The maximum absolute atomic E-state index is 10.3. The second kappa shape index (κ2) is 2.39. The van der Waals surface area contributed by atoms with Gasteiger partial charge in [0.25, 0.3) is 0 Å². The summed E-state index contributed by atoms with van der Waals surface area (Å²) in [5.41, 5.74) is 6.15. The molecular weight excluding hydrogens is 130 g/mol. The number of aliphatic carboxylic acids is 1. The molecule has 0 fully saturated rings. The van der Waals surface area contributed by atoms with Crippen LogP contribution in [0.15, 0.2) is 35.6 Å². The smallest absolute Gasteiger partial charge is 0.335 e. The van der Waals surface area contributed by atoms with Crippen LogP contribution in [-0.4, -0.2) is 11.1 Å². The van der Waals surface area contributed by atoms with E-state index in [4.69, 9.17) is 10.8 Å². The maximum Gasteiger partial charge on any atom is 0.335 e. The Labute approximate surface area is 58.1 Å². The van der Waals surface area contributed by atoms with Gasteiger partial charge < -0.3 is 10.8 Å². The van der Waals surface area contributed by atoms with Crippen molar-refractivity contribution in [2.75, 3.05) is 0 Å². The van der Waals surface area contributed by atoms with Crippen LogP contribution in [0.3, 0.4) is 0 Å². The summed E-state index contributed by atoms with van der Waals surface area (Å²) < 4.78 is 0. The molecule has 0 spiro atoms. The van der Waals surface area contributed by atoms with E-state index in [1.807, 2.05) is 0 Å². The standard InChI is InChI=1S/C7H7NO2/c8-4-5-1-2-6(3-5)7(9)10/h1-4H,8H2,(H,9,10)/b5-4+. The zero-order chi connectivity index (χ0) is 7.56. The Kier molecular flexibility index (Phi) is 1.58. The normalized spacial score (nSPS) is 19.6. The summed E-state index contributed by atoms with van der Waals surface area (Å²) in [5, 5.41) is 8.44. The molecule has 10 heavy (non-hydrogen) atoms. The SMILES string of the molecule is N/C=C1\C=CC(C(=O)O)=C1. The highest BCUT2D eigenvalue weighted by Crippen LogP contribution is 2.13. The van der Waals surface area contributed by atoms with E-state index < -0.39 is 5.97 Å². The summed E-state index contributed by atoms with van der Waals surface area (Å²) in [5.74, 6) is -0.923. The van der Waals surface area contributed by atoms with Crippen LogP contribution in [0.2, 0.25) is 0 Å². The number of hydrogen-bond donors (Lipinski definition) is 2. The van der Waals surface area contributed by atoms with Gasteiger partial charge in [0.05, 0.1) is 5.57 Å². The topological polar surface area (TPSA) is 63.3 Å². The molecule has 1 aliphatic carbocycles. The number of hydrogen-bond acceptors (Lipinski definition) is 2. The molecule has 0 bridgehead atoms. The van der Waals surface area contributed by atoms with Crippen LogP contribution in [0, 0.1) is 0 Å². The second-order valence-corrected chi connectivity index (χ2v) is 1.90. The predicted molar refractivity (Wildman–Crippen MR) is 37.1 cm³/mol. The van der Waals surface area contributed by atoms with Crippen molar-refractivity contribution in [3.8, 4) is 0 Å². The van der Waals surface area contributed by atoms with E-state index in [2.05, 4.69) is 0 Å². The first kappa shape index (κ1) is 6.61. The van der Waals surface area contributed by atoms with Crippen molar-refractivity contribution in [2.45, 2.75) is 0 Å². The molecule has 0 aromatic carbocycles. The Morgan fingerprint density at radius 2 is 2.30 bits per heavy atom. The van der Waals surface area contributed by atoms with Gasteiger partial charge in [-0.2, -0.15) is 0 Å². The van der Waals surface area contributed by atoms with Crippen molar-refractivity contribution in [3.05, 3.63) is 35.6 Å². The van der Waals surface area contributed by atoms with E-state index in [9.17, 15) is 4.79 Å². The summed E-state index contributed by atoms with van der Waals surface area (Å²) in [4.78, 5) is 10.3. The maximum atomic E-state index is 10.3. The molecule has 0 aliphatic heterocycles. The van der Waals surface area contributed by atoms with Crippen molar-refractivity contribution in [2.24, 2.45) is 5.73 Å². The first-order valence-electron chi connectivity index (χ1n) is 2.79. The van der Waals surface area contributed by atoms with E-state index in [1.54, 1.807) is 6.08 Å². The molecule has 0 radical (unpaired) electrons. The lowest BCUT2D eigenvalue weighted by atomic mass is 10.3. The minimum atomic E-state index is -0.923. The Hall–Kier alpha value is -1.51. The second-order valence-electron chi connectivity index (χ2n) is 1.90. The average Bonchev–Trinajstić information content (AvgIpc) is 2.34. The van der Waals surface area contributed by atoms with Gasteiger partial charge in [-0.05, 0) is 17.7 Å². The number of carboxylic acid groups (broad SMARTS) is 1. The third kappa shape index (κ3) is 1.07. The quantitative estimate of drug-likeness (QED) is 0.550. The van der Waals surface area contributed by atoms with E-state index in [0.29, 0.717) is 0 Å². The van der Waals surface area contributed by atoms with Crippen LogP contribution < -0.4 is 5.73 Å². The highest BCUT2D eigenvalue weighted by Gasteiger charge is 2.07. The van der Waals surface area contributed by atoms with Crippen molar-refractivity contribution < 1.29 is 9.90 Å². The summed E-state index contributed by atoms with van der Waals surface area (Å²) in [6, 6.07) is 0. The molecule has 0 aromatic rings. The monoisotopic (exact) mass is 137 g/mol. The molecular formula is C7H7NO2. The largest absolute Gasteiger partial charge is 0.478 e. The number of rotatable bonds is 1. The third-order valence-electron chi connectivity index (χ3n) is 1.22. The highest BCUT2D eigenvalue weighted by atomic mass is 16.4. The van der Waals surface area contributed by atoms with Gasteiger partial charge in [-0.15, -0.1) is 0 Å². The Balaban J connectivity index is 2.88. The molecule has 0 saturated carbocycles. The Morgan fingerprint density at radius 1 is 1.60 bits per heavy atom. The van der Waals surface area contributed by atoms with E-state index >= 15 is 0 Å². The average molecular weight is 137 g/mol. The lowest BCUT2D eigenvalue weighted by molar-refractivity contribution is -0.132. The van der Waals surface area contributed by atoms with Crippen LogP contribution in [0.5, 0.6) is 0 Å². The fourth-order valence-corrected chi connectivity index (χ4v) is 0.698. The van der Waals surface area contributed by atoms with Crippen molar-refractivity contribution >= 4 is 5.97 Å². The van der Waals surface area contributed by atoms with Gasteiger partial charge in [-0.25, -0.2) is 4.79 Å². The fraction of sp³-hybridized carbons (Fsp3) is 0. The molecule has 0 unspecified atom stereocenters. The molecule has 1 rings (SSSR count).